The molecule has 1 aromatic heterocycles. The van der Waals surface area contributed by atoms with E-state index in [4.69, 9.17) is 4.98 Å². The molecule has 3 rings (SSSR count). The van der Waals surface area contributed by atoms with Gasteiger partial charge in [-0.3, -0.25) is 4.79 Å². The van der Waals surface area contributed by atoms with E-state index >= 15 is 0 Å². The third-order valence-electron chi connectivity index (χ3n) is 4.99. The second-order valence-corrected chi connectivity index (χ2v) is 6.90. The van der Waals surface area contributed by atoms with Gasteiger partial charge in [-0.25, -0.2) is 9.78 Å². The highest BCUT2D eigenvalue weighted by atomic mass is 16.2. The summed E-state index contributed by atoms with van der Waals surface area (Å²) in [6, 6.07) is 1.94. The summed E-state index contributed by atoms with van der Waals surface area (Å²) in [5.41, 5.74) is 2.76. The number of pyridine rings is 1. The highest BCUT2D eigenvalue weighted by Gasteiger charge is 2.26. The van der Waals surface area contributed by atoms with Gasteiger partial charge in [0.15, 0.2) is 0 Å². The average Bonchev–Trinajstić information content (AvgIpc) is 3.07. The van der Waals surface area contributed by atoms with Crippen molar-refractivity contribution in [3.8, 4) is 0 Å². The Morgan fingerprint density at radius 3 is 2.40 bits per heavy atom. The molecule has 7 nitrogen and oxygen atoms in total. The summed E-state index contributed by atoms with van der Waals surface area (Å²) in [7, 11) is 5.49. The highest BCUT2D eigenvalue weighted by molar-refractivity contribution is 5.99. The summed E-state index contributed by atoms with van der Waals surface area (Å²) >= 11 is 0. The number of carbonyl (C=O) groups is 2. The SMILES string of the molecule is CNC(=O)N1CCc2cc(C(=O)N3CCCC3)c(N(C)C)nc2CC1. The Balaban J connectivity index is 1.92. The first kappa shape index (κ1) is 17.5. The molecule has 0 radical (unpaired) electrons. The number of hydrogen-bond donors (Lipinski definition) is 1. The van der Waals surface area contributed by atoms with Crippen LogP contribution >= 0.6 is 0 Å². The van der Waals surface area contributed by atoms with Crippen molar-refractivity contribution in [3.05, 3.63) is 22.9 Å². The number of nitrogens with zero attached hydrogens (tertiary/aromatic N) is 4. The van der Waals surface area contributed by atoms with Crippen LogP contribution in [0.1, 0.15) is 34.5 Å². The van der Waals surface area contributed by atoms with Gasteiger partial charge in [-0.15, -0.1) is 0 Å². The van der Waals surface area contributed by atoms with Crippen LogP contribution in [0.15, 0.2) is 6.07 Å². The fraction of sp³-hybridized carbons (Fsp3) is 0.611. The van der Waals surface area contributed by atoms with Crippen LogP contribution in [0.25, 0.3) is 0 Å². The molecule has 3 heterocycles. The molecule has 0 saturated carbocycles. The Hall–Kier alpha value is -2.31. The third kappa shape index (κ3) is 3.55. The third-order valence-corrected chi connectivity index (χ3v) is 4.99. The van der Waals surface area contributed by atoms with Crippen LogP contribution in [-0.2, 0) is 12.8 Å². The molecule has 1 N–H and O–H groups in total. The second kappa shape index (κ2) is 7.29. The van der Waals surface area contributed by atoms with Crippen molar-refractivity contribution < 1.29 is 9.59 Å². The zero-order chi connectivity index (χ0) is 18.0. The van der Waals surface area contributed by atoms with Gasteiger partial charge in [0.25, 0.3) is 5.91 Å². The summed E-state index contributed by atoms with van der Waals surface area (Å²) in [5.74, 6) is 0.799. The van der Waals surface area contributed by atoms with E-state index in [9.17, 15) is 9.59 Å². The predicted molar refractivity (Wildman–Crippen MR) is 97.1 cm³/mol. The number of rotatable bonds is 2. The van der Waals surface area contributed by atoms with Crippen LogP contribution in [-0.4, -0.2) is 74.0 Å². The van der Waals surface area contributed by atoms with E-state index in [0.717, 1.165) is 49.4 Å². The molecule has 0 aromatic carbocycles. The van der Waals surface area contributed by atoms with Crippen LogP contribution in [0.4, 0.5) is 10.6 Å². The molecule has 0 unspecified atom stereocenters. The molecule has 0 atom stereocenters. The Morgan fingerprint density at radius 1 is 1.08 bits per heavy atom. The Morgan fingerprint density at radius 2 is 1.76 bits per heavy atom. The van der Waals surface area contributed by atoms with Gasteiger partial charge >= 0.3 is 6.03 Å². The first-order valence-electron chi connectivity index (χ1n) is 8.97. The molecule has 0 aliphatic carbocycles. The Bertz CT molecular complexity index is 668. The van der Waals surface area contributed by atoms with Gasteiger partial charge in [-0.1, -0.05) is 0 Å². The van der Waals surface area contributed by atoms with Gasteiger partial charge in [-0.2, -0.15) is 0 Å². The van der Waals surface area contributed by atoms with E-state index in [1.54, 1.807) is 11.9 Å². The number of fused-ring (bicyclic) bond motifs is 1. The number of likely N-dealkylation sites (tertiary alicyclic amines) is 1. The van der Waals surface area contributed by atoms with Crippen LogP contribution < -0.4 is 10.2 Å². The molecule has 0 bridgehead atoms. The standard InChI is InChI=1S/C18H27N5O2/c1-19-18(25)23-10-6-13-12-14(17(24)22-8-4-5-9-22)16(21(2)3)20-15(13)7-11-23/h12H,4-11H2,1-3H3,(H,19,25). The molecule has 7 heteroatoms. The molecule has 25 heavy (non-hydrogen) atoms. The van der Waals surface area contributed by atoms with Crippen LogP contribution in [0.3, 0.4) is 0 Å². The van der Waals surface area contributed by atoms with Crippen molar-refractivity contribution in [1.82, 2.24) is 20.1 Å². The number of aromatic nitrogens is 1. The first-order valence-corrected chi connectivity index (χ1v) is 8.97. The minimum Gasteiger partial charge on any atom is -0.362 e. The molecule has 136 valence electrons. The maximum absolute atomic E-state index is 12.9. The zero-order valence-corrected chi connectivity index (χ0v) is 15.3. The monoisotopic (exact) mass is 345 g/mol. The Labute approximate surface area is 149 Å². The number of hydrogen-bond acceptors (Lipinski definition) is 4. The number of anilines is 1. The van der Waals surface area contributed by atoms with Gasteiger partial charge in [-0.05, 0) is 30.9 Å². The van der Waals surface area contributed by atoms with Crippen molar-refractivity contribution in [2.75, 3.05) is 52.2 Å². The highest BCUT2D eigenvalue weighted by Crippen LogP contribution is 2.25. The summed E-state index contributed by atoms with van der Waals surface area (Å²) in [6.45, 7) is 2.94. The summed E-state index contributed by atoms with van der Waals surface area (Å²) in [6.07, 6.45) is 3.58. The van der Waals surface area contributed by atoms with Gasteiger partial charge in [0.2, 0.25) is 0 Å². The lowest BCUT2D eigenvalue weighted by molar-refractivity contribution is 0.0793. The van der Waals surface area contributed by atoms with E-state index in [1.165, 1.54) is 0 Å². The molecule has 1 fully saturated rings. The number of nitrogens with one attached hydrogen (secondary N) is 1. The largest absolute Gasteiger partial charge is 0.362 e. The van der Waals surface area contributed by atoms with Crippen molar-refractivity contribution in [2.45, 2.75) is 25.7 Å². The van der Waals surface area contributed by atoms with Gasteiger partial charge in [0.1, 0.15) is 5.82 Å². The minimum absolute atomic E-state index is 0.0611. The predicted octanol–water partition coefficient (Wildman–Crippen LogP) is 1.12. The molecule has 1 saturated heterocycles. The summed E-state index contributed by atoms with van der Waals surface area (Å²) < 4.78 is 0. The summed E-state index contributed by atoms with van der Waals surface area (Å²) in [5, 5.41) is 2.68. The topological polar surface area (TPSA) is 68.8 Å². The zero-order valence-electron chi connectivity index (χ0n) is 15.3. The van der Waals surface area contributed by atoms with Crippen LogP contribution in [0, 0.1) is 0 Å². The van der Waals surface area contributed by atoms with E-state index in [2.05, 4.69) is 5.32 Å². The normalized spacial score (nSPS) is 17.1. The van der Waals surface area contributed by atoms with Gasteiger partial charge < -0.3 is 20.0 Å². The lowest BCUT2D eigenvalue weighted by Crippen LogP contribution is -2.39. The van der Waals surface area contributed by atoms with Gasteiger partial charge in [0, 0.05) is 59.4 Å². The van der Waals surface area contributed by atoms with Crippen molar-refractivity contribution in [1.29, 1.82) is 0 Å². The summed E-state index contributed by atoms with van der Waals surface area (Å²) in [4.78, 5) is 35.3. The van der Waals surface area contributed by atoms with Crippen molar-refractivity contribution in [2.24, 2.45) is 0 Å². The number of urea groups is 1. The van der Waals surface area contributed by atoms with Crippen LogP contribution in [0.2, 0.25) is 0 Å². The maximum atomic E-state index is 12.9. The van der Waals surface area contributed by atoms with E-state index in [-0.39, 0.29) is 11.9 Å². The van der Waals surface area contributed by atoms with Crippen molar-refractivity contribution >= 4 is 17.8 Å². The van der Waals surface area contributed by atoms with E-state index < -0.39 is 0 Å². The number of carbonyl (C=O) groups excluding carboxylic acids is 2. The van der Waals surface area contributed by atoms with Crippen molar-refractivity contribution in [3.63, 3.8) is 0 Å². The smallest absolute Gasteiger partial charge is 0.317 e. The lowest BCUT2D eigenvalue weighted by Gasteiger charge is -2.22. The molecule has 1 aromatic rings. The Kier molecular flexibility index (Phi) is 5.11. The van der Waals surface area contributed by atoms with Crippen LogP contribution in [0.5, 0.6) is 0 Å². The molecule has 0 spiro atoms. The second-order valence-electron chi connectivity index (χ2n) is 6.90. The fourth-order valence-electron chi connectivity index (χ4n) is 3.57. The minimum atomic E-state index is -0.0611. The maximum Gasteiger partial charge on any atom is 0.317 e. The quantitative estimate of drug-likeness (QED) is 0.872. The fourth-order valence-corrected chi connectivity index (χ4v) is 3.57. The molecule has 2 aliphatic heterocycles. The molecular weight excluding hydrogens is 318 g/mol. The lowest BCUT2D eigenvalue weighted by atomic mass is 10.0. The molecule has 3 amide bonds. The number of amides is 3. The van der Waals surface area contributed by atoms with E-state index in [0.29, 0.717) is 25.1 Å². The van der Waals surface area contributed by atoms with E-state index in [1.807, 2.05) is 30.0 Å². The molecule has 2 aliphatic rings. The molecular formula is C18H27N5O2. The first-order chi connectivity index (χ1) is 12.0. The van der Waals surface area contributed by atoms with Gasteiger partial charge in [0.05, 0.1) is 5.56 Å². The average molecular weight is 345 g/mol.